The van der Waals surface area contributed by atoms with Gasteiger partial charge in [-0.1, -0.05) is 6.07 Å². The van der Waals surface area contributed by atoms with Gasteiger partial charge in [0, 0.05) is 19.9 Å². The maximum absolute atomic E-state index is 12.5. The monoisotopic (exact) mass is 332 g/mol. The van der Waals surface area contributed by atoms with Gasteiger partial charge in [-0.25, -0.2) is 0 Å². The van der Waals surface area contributed by atoms with E-state index >= 15 is 0 Å². The molecule has 0 spiro atoms. The van der Waals surface area contributed by atoms with E-state index in [1.165, 1.54) is 6.92 Å². The summed E-state index contributed by atoms with van der Waals surface area (Å²) in [5, 5.41) is 3.02. The molecule has 1 saturated heterocycles. The zero-order valence-electron chi connectivity index (χ0n) is 14.2. The third-order valence-corrected chi connectivity index (χ3v) is 4.59. The molecule has 1 aromatic rings. The number of carbonyl (C=O) groups excluding carboxylic acids is 2. The minimum Gasteiger partial charge on any atom is -0.490 e. The van der Waals surface area contributed by atoms with Crippen LogP contribution in [0, 0.1) is 0 Å². The van der Waals surface area contributed by atoms with Crippen molar-refractivity contribution in [3.8, 4) is 11.5 Å². The summed E-state index contributed by atoms with van der Waals surface area (Å²) in [4.78, 5) is 25.8. The molecule has 2 aliphatic heterocycles. The van der Waals surface area contributed by atoms with E-state index < -0.39 is 0 Å². The quantitative estimate of drug-likeness (QED) is 0.920. The Balaban J connectivity index is 1.68. The molecule has 1 aromatic carbocycles. The van der Waals surface area contributed by atoms with Crippen molar-refractivity contribution in [3.05, 3.63) is 23.8 Å². The molecule has 0 aliphatic carbocycles. The zero-order chi connectivity index (χ0) is 17.1. The molecule has 2 heterocycles. The van der Waals surface area contributed by atoms with Gasteiger partial charge in [-0.3, -0.25) is 9.59 Å². The van der Waals surface area contributed by atoms with Crippen molar-refractivity contribution in [2.75, 3.05) is 19.8 Å². The van der Waals surface area contributed by atoms with Crippen LogP contribution in [0.5, 0.6) is 11.5 Å². The van der Waals surface area contributed by atoms with Crippen LogP contribution in [0.3, 0.4) is 0 Å². The van der Waals surface area contributed by atoms with Gasteiger partial charge in [0.1, 0.15) is 6.04 Å². The SMILES string of the molecule is CC(=O)N1CCC[C@H]1C(=O)N[C@H](C)c1ccc2c(c1)OCCCO2. The second kappa shape index (κ2) is 7.11. The summed E-state index contributed by atoms with van der Waals surface area (Å²) < 4.78 is 11.3. The summed E-state index contributed by atoms with van der Waals surface area (Å²) in [5.41, 5.74) is 0.958. The van der Waals surface area contributed by atoms with Crippen LogP contribution in [-0.4, -0.2) is 42.5 Å². The van der Waals surface area contributed by atoms with Crippen molar-refractivity contribution < 1.29 is 19.1 Å². The molecule has 1 N–H and O–H groups in total. The largest absolute Gasteiger partial charge is 0.490 e. The van der Waals surface area contributed by atoms with E-state index in [9.17, 15) is 9.59 Å². The smallest absolute Gasteiger partial charge is 0.243 e. The summed E-state index contributed by atoms with van der Waals surface area (Å²) in [5.74, 6) is 1.32. The number of nitrogens with one attached hydrogen (secondary N) is 1. The fraction of sp³-hybridized carbons (Fsp3) is 0.556. The van der Waals surface area contributed by atoms with Crippen LogP contribution in [-0.2, 0) is 9.59 Å². The summed E-state index contributed by atoms with van der Waals surface area (Å²) in [6, 6.07) is 5.23. The van der Waals surface area contributed by atoms with Crippen molar-refractivity contribution in [2.24, 2.45) is 0 Å². The van der Waals surface area contributed by atoms with Gasteiger partial charge < -0.3 is 19.7 Å². The molecular formula is C18H24N2O4. The van der Waals surface area contributed by atoms with Crippen LogP contribution in [0.15, 0.2) is 18.2 Å². The van der Waals surface area contributed by atoms with Gasteiger partial charge in [-0.15, -0.1) is 0 Å². The first-order chi connectivity index (χ1) is 11.6. The fourth-order valence-electron chi connectivity index (χ4n) is 3.26. The standard InChI is InChI=1S/C18H24N2O4/c1-12(19-18(22)15-5-3-8-20(15)13(2)21)14-6-7-16-17(11-14)24-10-4-9-23-16/h6-7,11-12,15H,3-5,8-10H2,1-2H3,(H,19,22)/t12-,15+/m1/s1. The van der Waals surface area contributed by atoms with Crippen LogP contribution in [0.25, 0.3) is 0 Å². The molecule has 3 rings (SSSR count). The van der Waals surface area contributed by atoms with E-state index in [2.05, 4.69) is 5.32 Å². The molecule has 0 bridgehead atoms. The number of rotatable bonds is 3. The Labute approximate surface area is 142 Å². The predicted molar refractivity (Wildman–Crippen MR) is 89.0 cm³/mol. The Morgan fingerprint density at radius 2 is 1.96 bits per heavy atom. The maximum atomic E-state index is 12.5. The van der Waals surface area contributed by atoms with E-state index in [1.54, 1.807) is 4.90 Å². The molecule has 0 saturated carbocycles. The number of ether oxygens (including phenoxy) is 2. The van der Waals surface area contributed by atoms with Crippen LogP contribution in [0.2, 0.25) is 0 Å². The number of carbonyl (C=O) groups is 2. The number of amides is 2. The van der Waals surface area contributed by atoms with E-state index in [0.29, 0.717) is 19.8 Å². The normalized spacial score (nSPS) is 21.1. The second-order valence-corrected chi connectivity index (χ2v) is 6.36. The highest BCUT2D eigenvalue weighted by atomic mass is 16.5. The van der Waals surface area contributed by atoms with Crippen molar-refractivity contribution in [1.29, 1.82) is 0 Å². The van der Waals surface area contributed by atoms with Crippen LogP contribution in [0.4, 0.5) is 0 Å². The Bertz CT molecular complexity index is 631. The third-order valence-electron chi connectivity index (χ3n) is 4.59. The lowest BCUT2D eigenvalue weighted by Crippen LogP contribution is -2.45. The summed E-state index contributed by atoms with van der Waals surface area (Å²) in [6.45, 7) is 5.39. The van der Waals surface area contributed by atoms with Crippen LogP contribution >= 0.6 is 0 Å². The van der Waals surface area contributed by atoms with Crippen LogP contribution < -0.4 is 14.8 Å². The van der Waals surface area contributed by atoms with E-state index in [1.807, 2.05) is 25.1 Å². The first-order valence-corrected chi connectivity index (χ1v) is 8.53. The lowest BCUT2D eigenvalue weighted by atomic mass is 10.1. The Morgan fingerprint density at radius 3 is 2.71 bits per heavy atom. The van der Waals surface area contributed by atoms with Gasteiger partial charge in [-0.05, 0) is 37.5 Å². The van der Waals surface area contributed by atoms with Crippen molar-refractivity contribution in [3.63, 3.8) is 0 Å². The Hall–Kier alpha value is -2.24. The van der Waals surface area contributed by atoms with Gasteiger partial charge in [0.2, 0.25) is 11.8 Å². The Morgan fingerprint density at radius 1 is 1.21 bits per heavy atom. The molecule has 2 aliphatic rings. The van der Waals surface area contributed by atoms with Gasteiger partial charge in [0.05, 0.1) is 19.3 Å². The molecule has 2 atom stereocenters. The highest BCUT2D eigenvalue weighted by Crippen LogP contribution is 2.32. The molecule has 130 valence electrons. The van der Waals surface area contributed by atoms with Crippen molar-refractivity contribution in [1.82, 2.24) is 10.2 Å². The highest BCUT2D eigenvalue weighted by Gasteiger charge is 2.33. The maximum Gasteiger partial charge on any atom is 0.243 e. The average Bonchev–Trinajstić information content (AvgIpc) is 2.94. The van der Waals surface area contributed by atoms with Crippen molar-refractivity contribution >= 4 is 11.8 Å². The minimum absolute atomic E-state index is 0.0455. The number of fused-ring (bicyclic) bond motifs is 1. The number of benzene rings is 1. The first-order valence-electron chi connectivity index (χ1n) is 8.53. The minimum atomic E-state index is -0.356. The number of likely N-dealkylation sites (tertiary alicyclic amines) is 1. The molecule has 2 amide bonds. The average molecular weight is 332 g/mol. The van der Waals surface area contributed by atoms with E-state index in [0.717, 1.165) is 36.3 Å². The number of hydrogen-bond donors (Lipinski definition) is 1. The van der Waals surface area contributed by atoms with Gasteiger partial charge >= 0.3 is 0 Å². The Kier molecular flexibility index (Phi) is 4.92. The van der Waals surface area contributed by atoms with E-state index in [-0.39, 0.29) is 23.9 Å². The fourth-order valence-corrected chi connectivity index (χ4v) is 3.26. The zero-order valence-corrected chi connectivity index (χ0v) is 14.2. The molecule has 6 heteroatoms. The van der Waals surface area contributed by atoms with Gasteiger partial charge in [-0.2, -0.15) is 0 Å². The first kappa shape index (κ1) is 16.6. The molecule has 1 fully saturated rings. The molecular weight excluding hydrogens is 308 g/mol. The molecule has 6 nitrogen and oxygen atoms in total. The third kappa shape index (κ3) is 3.47. The number of nitrogens with zero attached hydrogens (tertiary/aromatic N) is 1. The summed E-state index contributed by atoms with van der Waals surface area (Å²) >= 11 is 0. The molecule has 24 heavy (non-hydrogen) atoms. The lowest BCUT2D eigenvalue weighted by Gasteiger charge is -2.24. The highest BCUT2D eigenvalue weighted by molar-refractivity contribution is 5.87. The lowest BCUT2D eigenvalue weighted by molar-refractivity contribution is -0.137. The molecule has 0 unspecified atom stereocenters. The topological polar surface area (TPSA) is 67.9 Å². The summed E-state index contributed by atoms with van der Waals surface area (Å²) in [7, 11) is 0. The van der Waals surface area contributed by atoms with E-state index in [4.69, 9.17) is 9.47 Å². The number of hydrogen-bond acceptors (Lipinski definition) is 4. The van der Waals surface area contributed by atoms with Crippen LogP contribution in [0.1, 0.15) is 44.7 Å². The van der Waals surface area contributed by atoms with Crippen molar-refractivity contribution in [2.45, 2.75) is 45.2 Å². The summed E-state index contributed by atoms with van der Waals surface area (Å²) in [6.07, 6.45) is 2.45. The second-order valence-electron chi connectivity index (χ2n) is 6.36. The molecule has 0 radical (unpaired) electrons. The van der Waals surface area contributed by atoms with Gasteiger partial charge in [0.15, 0.2) is 11.5 Å². The van der Waals surface area contributed by atoms with Gasteiger partial charge in [0.25, 0.3) is 0 Å². The predicted octanol–water partition coefficient (Wildman–Crippen LogP) is 2.04. The molecule has 0 aromatic heterocycles.